The van der Waals surface area contributed by atoms with E-state index in [0.29, 0.717) is 26.4 Å². The summed E-state index contributed by atoms with van der Waals surface area (Å²) < 4.78 is 10.9. The van der Waals surface area contributed by atoms with Crippen molar-refractivity contribution in [3.05, 3.63) is 29.3 Å². The molecule has 0 aromatic heterocycles. The van der Waals surface area contributed by atoms with Crippen molar-refractivity contribution in [1.29, 1.82) is 0 Å². The van der Waals surface area contributed by atoms with Crippen molar-refractivity contribution in [3.63, 3.8) is 0 Å². The largest absolute Gasteiger partial charge is 0.494 e. The predicted octanol–water partition coefficient (Wildman–Crippen LogP) is 1.91. The van der Waals surface area contributed by atoms with Gasteiger partial charge in [0.05, 0.1) is 19.8 Å². The summed E-state index contributed by atoms with van der Waals surface area (Å²) >= 11 is 0. The zero-order chi connectivity index (χ0) is 11.8. The minimum atomic E-state index is 0.576. The lowest BCUT2D eigenvalue weighted by atomic mass is 10.1. The van der Waals surface area contributed by atoms with Crippen molar-refractivity contribution in [1.82, 2.24) is 0 Å². The smallest absolute Gasteiger partial charge is 0.122 e. The maximum absolute atomic E-state index is 5.57. The molecular formula is C13H21NO2. The van der Waals surface area contributed by atoms with Gasteiger partial charge < -0.3 is 15.2 Å². The molecule has 1 aromatic carbocycles. The Hall–Kier alpha value is -1.06. The van der Waals surface area contributed by atoms with Gasteiger partial charge in [0, 0.05) is 6.54 Å². The monoisotopic (exact) mass is 223 g/mol. The minimum absolute atomic E-state index is 0.576. The van der Waals surface area contributed by atoms with Crippen LogP contribution in [0.5, 0.6) is 5.75 Å². The average molecular weight is 223 g/mol. The second-order valence-corrected chi connectivity index (χ2v) is 3.70. The van der Waals surface area contributed by atoms with Crippen molar-refractivity contribution in [2.24, 2.45) is 5.73 Å². The summed E-state index contributed by atoms with van der Waals surface area (Å²) in [4.78, 5) is 0. The Kier molecular flexibility index (Phi) is 5.90. The molecule has 0 unspecified atom stereocenters. The highest BCUT2D eigenvalue weighted by Crippen LogP contribution is 2.20. The van der Waals surface area contributed by atoms with E-state index in [1.807, 2.05) is 13.0 Å². The van der Waals surface area contributed by atoms with E-state index in [9.17, 15) is 0 Å². The van der Waals surface area contributed by atoms with Crippen LogP contribution in [0.2, 0.25) is 0 Å². The molecule has 0 heterocycles. The molecule has 16 heavy (non-hydrogen) atoms. The molecule has 1 rings (SSSR count). The van der Waals surface area contributed by atoms with Crippen LogP contribution in [0, 0.1) is 6.92 Å². The molecule has 2 N–H and O–H groups in total. The minimum Gasteiger partial charge on any atom is -0.494 e. The SMILES string of the molecule is CCOc1ccc(C)cc1CCOCCN. The molecular weight excluding hydrogens is 202 g/mol. The number of benzene rings is 1. The Labute approximate surface area is 97.6 Å². The first kappa shape index (κ1) is 13.0. The van der Waals surface area contributed by atoms with Crippen LogP contribution in [-0.4, -0.2) is 26.4 Å². The maximum Gasteiger partial charge on any atom is 0.122 e. The zero-order valence-electron chi connectivity index (χ0n) is 10.2. The summed E-state index contributed by atoms with van der Waals surface area (Å²) in [6.45, 7) is 6.66. The van der Waals surface area contributed by atoms with Crippen molar-refractivity contribution >= 4 is 0 Å². The summed E-state index contributed by atoms with van der Waals surface area (Å²) in [7, 11) is 0. The van der Waals surface area contributed by atoms with Gasteiger partial charge in [-0.3, -0.25) is 0 Å². The van der Waals surface area contributed by atoms with Crippen LogP contribution >= 0.6 is 0 Å². The van der Waals surface area contributed by atoms with E-state index in [-0.39, 0.29) is 0 Å². The Bertz CT molecular complexity index is 313. The highest BCUT2D eigenvalue weighted by atomic mass is 16.5. The normalized spacial score (nSPS) is 10.4. The van der Waals surface area contributed by atoms with Gasteiger partial charge in [-0.1, -0.05) is 17.7 Å². The summed E-state index contributed by atoms with van der Waals surface area (Å²) in [5, 5.41) is 0. The molecule has 0 aliphatic carbocycles. The zero-order valence-corrected chi connectivity index (χ0v) is 10.2. The number of hydrogen-bond acceptors (Lipinski definition) is 3. The fraction of sp³-hybridized carbons (Fsp3) is 0.538. The highest BCUT2D eigenvalue weighted by Gasteiger charge is 2.03. The molecule has 0 saturated carbocycles. The number of rotatable bonds is 7. The van der Waals surface area contributed by atoms with Gasteiger partial charge >= 0.3 is 0 Å². The van der Waals surface area contributed by atoms with Crippen LogP contribution in [0.25, 0.3) is 0 Å². The molecule has 3 nitrogen and oxygen atoms in total. The summed E-state index contributed by atoms with van der Waals surface area (Å²) in [6.07, 6.45) is 0.872. The molecule has 0 saturated heterocycles. The van der Waals surface area contributed by atoms with Crippen molar-refractivity contribution in [3.8, 4) is 5.75 Å². The molecule has 0 aliphatic rings. The third-order valence-corrected chi connectivity index (χ3v) is 2.29. The third kappa shape index (κ3) is 4.21. The Morgan fingerprint density at radius 3 is 2.75 bits per heavy atom. The van der Waals surface area contributed by atoms with Gasteiger partial charge in [-0.2, -0.15) is 0 Å². The molecule has 90 valence electrons. The van der Waals surface area contributed by atoms with Gasteiger partial charge in [-0.25, -0.2) is 0 Å². The van der Waals surface area contributed by atoms with Crippen molar-refractivity contribution in [2.45, 2.75) is 20.3 Å². The summed E-state index contributed by atoms with van der Waals surface area (Å²) in [5.41, 5.74) is 7.81. The third-order valence-electron chi connectivity index (χ3n) is 2.29. The molecule has 1 aromatic rings. The molecule has 0 amide bonds. The molecule has 0 fully saturated rings. The van der Waals surface area contributed by atoms with Crippen molar-refractivity contribution in [2.75, 3.05) is 26.4 Å². The molecule has 0 aliphatic heterocycles. The van der Waals surface area contributed by atoms with E-state index in [4.69, 9.17) is 15.2 Å². The molecule has 3 heteroatoms. The van der Waals surface area contributed by atoms with Crippen LogP contribution in [-0.2, 0) is 11.2 Å². The Balaban J connectivity index is 2.57. The maximum atomic E-state index is 5.57. The van der Waals surface area contributed by atoms with Crippen LogP contribution in [0.3, 0.4) is 0 Å². The first-order chi connectivity index (χ1) is 7.77. The lowest BCUT2D eigenvalue weighted by Crippen LogP contribution is -2.10. The van der Waals surface area contributed by atoms with Crippen LogP contribution in [0.15, 0.2) is 18.2 Å². The lowest BCUT2D eigenvalue weighted by Gasteiger charge is -2.11. The fourth-order valence-corrected chi connectivity index (χ4v) is 1.57. The Morgan fingerprint density at radius 2 is 2.06 bits per heavy atom. The number of ether oxygens (including phenoxy) is 2. The quantitative estimate of drug-likeness (QED) is 0.718. The number of hydrogen-bond donors (Lipinski definition) is 1. The highest BCUT2D eigenvalue weighted by molar-refractivity contribution is 5.37. The van der Waals surface area contributed by atoms with Crippen LogP contribution in [0.4, 0.5) is 0 Å². The average Bonchev–Trinajstić information content (AvgIpc) is 2.28. The second kappa shape index (κ2) is 7.25. The molecule has 0 atom stereocenters. The van der Waals surface area contributed by atoms with Crippen LogP contribution < -0.4 is 10.5 Å². The number of aryl methyl sites for hydroxylation is 1. The lowest BCUT2D eigenvalue weighted by molar-refractivity contribution is 0.144. The van der Waals surface area contributed by atoms with E-state index in [1.165, 1.54) is 11.1 Å². The predicted molar refractivity (Wildman–Crippen MR) is 65.9 cm³/mol. The van der Waals surface area contributed by atoms with Gasteiger partial charge in [0.25, 0.3) is 0 Å². The second-order valence-electron chi connectivity index (χ2n) is 3.70. The van der Waals surface area contributed by atoms with Crippen molar-refractivity contribution < 1.29 is 9.47 Å². The Morgan fingerprint density at radius 1 is 1.25 bits per heavy atom. The van der Waals surface area contributed by atoms with E-state index in [0.717, 1.165) is 12.2 Å². The van der Waals surface area contributed by atoms with E-state index >= 15 is 0 Å². The van der Waals surface area contributed by atoms with Gasteiger partial charge in [0.15, 0.2) is 0 Å². The van der Waals surface area contributed by atoms with E-state index < -0.39 is 0 Å². The fourth-order valence-electron chi connectivity index (χ4n) is 1.57. The topological polar surface area (TPSA) is 44.5 Å². The standard InChI is InChI=1S/C13H21NO2/c1-3-16-13-5-4-11(2)10-12(13)6-8-15-9-7-14/h4-5,10H,3,6-9,14H2,1-2H3. The van der Waals surface area contributed by atoms with E-state index in [2.05, 4.69) is 19.1 Å². The first-order valence-electron chi connectivity index (χ1n) is 5.78. The van der Waals surface area contributed by atoms with Gasteiger partial charge in [-0.15, -0.1) is 0 Å². The first-order valence-corrected chi connectivity index (χ1v) is 5.78. The molecule has 0 bridgehead atoms. The van der Waals surface area contributed by atoms with Crippen LogP contribution in [0.1, 0.15) is 18.1 Å². The van der Waals surface area contributed by atoms with Gasteiger partial charge in [0.2, 0.25) is 0 Å². The molecule has 0 spiro atoms. The van der Waals surface area contributed by atoms with Gasteiger partial charge in [-0.05, 0) is 31.9 Å². The van der Waals surface area contributed by atoms with E-state index in [1.54, 1.807) is 0 Å². The summed E-state index contributed by atoms with van der Waals surface area (Å²) in [6, 6.07) is 6.24. The summed E-state index contributed by atoms with van der Waals surface area (Å²) in [5.74, 6) is 0.962. The number of nitrogens with two attached hydrogens (primary N) is 1. The molecule has 0 radical (unpaired) electrons. The van der Waals surface area contributed by atoms with Gasteiger partial charge in [0.1, 0.15) is 5.75 Å².